The quantitative estimate of drug-likeness (QED) is 0.0719. The van der Waals surface area contributed by atoms with Gasteiger partial charge in [-0.2, -0.15) is 16.8 Å². The molecule has 10 nitrogen and oxygen atoms in total. The summed E-state index contributed by atoms with van der Waals surface area (Å²) in [6, 6.07) is 36.1. The smallest absolute Gasteiger partial charge is 0.298 e. The summed E-state index contributed by atoms with van der Waals surface area (Å²) in [6.07, 6.45) is 0.240. The van der Waals surface area contributed by atoms with Crippen molar-refractivity contribution in [2.24, 2.45) is 0 Å². The van der Waals surface area contributed by atoms with Crippen LogP contribution in [0.2, 0.25) is 0 Å². The van der Waals surface area contributed by atoms with Crippen molar-refractivity contribution in [2.45, 2.75) is 16.2 Å². The number of nitrogens with two attached hydrogens (primary N) is 2. The summed E-state index contributed by atoms with van der Waals surface area (Å²) >= 11 is 0. The van der Waals surface area contributed by atoms with E-state index in [0.29, 0.717) is 45.1 Å². The van der Waals surface area contributed by atoms with E-state index in [1.165, 1.54) is 24.3 Å². The normalized spacial score (nSPS) is 13.1. The average Bonchev–Trinajstić information content (AvgIpc) is 3.53. The maximum Gasteiger partial charge on any atom is 0.298 e. The highest BCUT2D eigenvalue weighted by Crippen LogP contribution is 2.49. The lowest BCUT2D eigenvalue weighted by Crippen LogP contribution is -2.03. The highest BCUT2D eigenvalue weighted by atomic mass is 32.2. The minimum absolute atomic E-state index is 0.112. The third-order valence-electron chi connectivity index (χ3n) is 11.3. The summed E-state index contributed by atoms with van der Waals surface area (Å²) in [5, 5.41) is 10.8. The van der Waals surface area contributed by atoms with Crippen molar-refractivity contribution >= 4 is 96.2 Å². The Balaban J connectivity index is 1.03. The zero-order chi connectivity index (χ0) is 39.1. The molecule has 0 bridgehead atoms. The van der Waals surface area contributed by atoms with Gasteiger partial charge in [0.05, 0.1) is 0 Å². The first-order valence-corrected chi connectivity index (χ1v) is 20.8. The number of nitrogen functional groups attached to an aromatic ring is 2. The van der Waals surface area contributed by atoms with Gasteiger partial charge in [0.2, 0.25) is 0 Å². The number of hydrogen-bond donors (Lipinski definition) is 4. The maximum absolute atomic E-state index is 13.0. The van der Waals surface area contributed by atoms with E-state index in [9.17, 15) is 25.9 Å². The molecular weight excluding hydrogens is 761 g/mol. The lowest BCUT2D eigenvalue weighted by atomic mass is 9.93. The van der Waals surface area contributed by atoms with Gasteiger partial charge in [-0.3, -0.25) is 9.11 Å². The van der Waals surface area contributed by atoms with E-state index >= 15 is 0 Å². The monoisotopic (exact) mass is 788 g/mol. The van der Waals surface area contributed by atoms with E-state index in [2.05, 4.69) is 0 Å². The molecule has 6 N–H and O–H groups in total. The average molecular weight is 789 g/mol. The highest BCUT2D eigenvalue weighted by Gasteiger charge is 2.30. The fraction of sp³-hybridized carbons (Fsp3) is 0.0222. The molecule has 0 saturated heterocycles. The molecule has 57 heavy (non-hydrogen) atoms. The number of rotatable bonds is 6. The Labute approximate surface area is 324 Å². The topological polar surface area (TPSA) is 179 Å². The standard InChI is InChI=1S/C45H28N2O8S2/c46-34-13-5-22-3-11-30-36(15-7-24-1-9-28(34)42(22)44(24)30)54-38-18-26-17-27-19-39(41(57(51,52)53)21-33(27)32(26)20-40(38)56(48,49)50)55-37-16-8-25-2-10-29-35(47)14-6-23-4-12-31(37)45(25)43(23)29/h1-16,18-21H,17,46-47H2,(H,48,49,50)(H,51,52,53). The summed E-state index contributed by atoms with van der Waals surface area (Å²) in [5.41, 5.74) is 15.8. The van der Waals surface area contributed by atoms with E-state index in [1.54, 1.807) is 12.1 Å². The first-order valence-electron chi connectivity index (χ1n) is 17.9. The van der Waals surface area contributed by atoms with Crippen LogP contribution >= 0.6 is 0 Å². The molecule has 0 aliphatic heterocycles. The molecule has 10 aromatic rings. The predicted octanol–water partition coefficient (Wildman–Crippen LogP) is 10.3. The van der Waals surface area contributed by atoms with Gasteiger partial charge in [0.15, 0.2) is 0 Å². The number of benzene rings is 10. The molecule has 0 saturated carbocycles. The van der Waals surface area contributed by atoms with Gasteiger partial charge >= 0.3 is 0 Å². The first kappa shape index (κ1) is 33.6. The van der Waals surface area contributed by atoms with Crippen LogP contribution in [0.3, 0.4) is 0 Å². The van der Waals surface area contributed by atoms with Gasteiger partial charge in [0, 0.05) is 43.7 Å². The molecular formula is C45H28N2O8S2. The molecule has 0 spiro atoms. The van der Waals surface area contributed by atoms with Gasteiger partial charge in [-0.1, -0.05) is 60.7 Å². The van der Waals surface area contributed by atoms with Gasteiger partial charge in [0.1, 0.15) is 32.8 Å². The molecule has 0 unspecified atom stereocenters. The van der Waals surface area contributed by atoms with Crippen LogP contribution in [-0.2, 0) is 26.7 Å². The number of hydrogen-bond acceptors (Lipinski definition) is 8. The van der Waals surface area contributed by atoms with Crippen molar-refractivity contribution in [3.63, 3.8) is 0 Å². The van der Waals surface area contributed by atoms with Crippen molar-refractivity contribution in [1.82, 2.24) is 0 Å². The minimum atomic E-state index is -4.86. The van der Waals surface area contributed by atoms with Crippen LogP contribution < -0.4 is 20.9 Å². The lowest BCUT2D eigenvalue weighted by molar-refractivity contribution is 0.451. The van der Waals surface area contributed by atoms with Gasteiger partial charge in [-0.15, -0.1) is 0 Å². The summed E-state index contributed by atoms with van der Waals surface area (Å²) in [7, 11) is -9.72. The van der Waals surface area contributed by atoms with E-state index in [0.717, 1.165) is 64.6 Å². The molecule has 0 atom stereocenters. The highest BCUT2D eigenvalue weighted by molar-refractivity contribution is 7.86. The summed E-state index contributed by atoms with van der Waals surface area (Å²) in [6.45, 7) is 0. The molecule has 0 aromatic heterocycles. The zero-order valence-electron chi connectivity index (χ0n) is 29.6. The van der Waals surface area contributed by atoms with Crippen LogP contribution in [0.15, 0.2) is 131 Å². The van der Waals surface area contributed by atoms with Crippen molar-refractivity contribution in [1.29, 1.82) is 0 Å². The molecule has 12 heteroatoms. The van der Waals surface area contributed by atoms with Crippen LogP contribution in [0.4, 0.5) is 11.4 Å². The Hall–Kier alpha value is -6.70. The predicted molar refractivity (Wildman–Crippen MR) is 224 cm³/mol. The molecule has 278 valence electrons. The van der Waals surface area contributed by atoms with E-state index in [4.69, 9.17) is 20.9 Å². The Morgan fingerprint density at radius 3 is 1.14 bits per heavy atom. The lowest BCUT2D eigenvalue weighted by Gasteiger charge is -2.17. The Bertz CT molecular complexity index is 3400. The van der Waals surface area contributed by atoms with E-state index < -0.39 is 30.0 Å². The van der Waals surface area contributed by atoms with Crippen molar-refractivity contribution in [2.75, 3.05) is 11.5 Å². The van der Waals surface area contributed by atoms with Crippen LogP contribution in [0.5, 0.6) is 23.0 Å². The van der Waals surface area contributed by atoms with Crippen LogP contribution in [-0.4, -0.2) is 25.9 Å². The molecule has 0 heterocycles. The van der Waals surface area contributed by atoms with Crippen LogP contribution in [0.25, 0.3) is 75.8 Å². The molecule has 0 amide bonds. The van der Waals surface area contributed by atoms with Gasteiger partial charge in [-0.05, 0) is 122 Å². The van der Waals surface area contributed by atoms with Crippen molar-refractivity contribution in [3.05, 3.63) is 132 Å². The fourth-order valence-electron chi connectivity index (χ4n) is 8.77. The Morgan fingerprint density at radius 2 is 0.754 bits per heavy atom. The largest absolute Gasteiger partial charge is 0.455 e. The number of fused-ring (bicyclic) bond motifs is 3. The summed E-state index contributed by atoms with van der Waals surface area (Å²) in [5.74, 6) is 0.499. The first-order chi connectivity index (χ1) is 27.3. The second-order valence-electron chi connectivity index (χ2n) is 14.5. The van der Waals surface area contributed by atoms with E-state index in [-0.39, 0.29) is 17.9 Å². The van der Waals surface area contributed by atoms with Crippen LogP contribution in [0.1, 0.15) is 11.1 Å². The molecule has 0 fully saturated rings. The summed E-state index contributed by atoms with van der Waals surface area (Å²) < 4.78 is 85.6. The minimum Gasteiger partial charge on any atom is -0.455 e. The molecule has 11 rings (SSSR count). The third kappa shape index (κ3) is 4.95. The van der Waals surface area contributed by atoms with E-state index in [1.807, 2.05) is 84.9 Å². The third-order valence-corrected chi connectivity index (χ3v) is 13.1. The van der Waals surface area contributed by atoms with Gasteiger partial charge < -0.3 is 20.9 Å². The fourth-order valence-corrected chi connectivity index (χ4v) is 10.0. The Kier molecular flexibility index (Phi) is 6.74. The molecule has 0 radical (unpaired) electrons. The zero-order valence-corrected chi connectivity index (χ0v) is 31.2. The van der Waals surface area contributed by atoms with Gasteiger partial charge in [0.25, 0.3) is 20.2 Å². The molecule has 10 aromatic carbocycles. The second-order valence-corrected chi connectivity index (χ2v) is 17.3. The van der Waals surface area contributed by atoms with Crippen LogP contribution in [0, 0.1) is 0 Å². The maximum atomic E-state index is 13.0. The van der Waals surface area contributed by atoms with Crippen molar-refractivity contribution < 1.29 is 35.4 Å². The van der Waals surface area contributed by atoms with Crippen molar-refractivity contribution in [3.8, 4) is 34.1 Å². The number of anilines is 2. The number of ether oxygens (including phenoxy) is 2. The second kappa shape index (κ2) is 11.4. The molecule has 1 aliphatic rings. The van der Waals surface area contributed by atoms with Gasteiger partial charge in [-0.25, -0.2) is 0 Å². The Morgan fingerprint density at radius 1 is 0.421 bits per heavy atom. The molecule has 1 aliphatic carbocycles. The summed E-state index contributed by atoms with van der Waals surface area (Å²) in [4.78, 5) is -1.01. The SMILES string of the molecule is Nc1ccc2ccc3c(Oc4cc5c(cc4S(=O)(=O)O)-c4cc(S(=O)(=O)O)c(Oc6ccc7ccc8c(N)ccc9ccc6c7c98)cc4C5)ccc4ccc1c2c43.